The first kappa shape index (κ1) is 18.2. The first-order valence-corrected chi connectivity index (χ1v) is 8.59. The SMILES string of the molecule is COc1cc(OC)cc(C(=O)N2CCN(Cc3ccccc3F)CC2)c1. The quantitative estimate of drug-likeness (QED) is 0.824. The molecule has 1 aliphatic rings. The maximum absolute atomic E-state index is 13.8. The van der Waals surface area contributed by atoms with Gasteiger partial charge < -0.3 is 14.4 Å². The van der Waals surface area contributed by atoms with Crippen molar-refractivity contribution in [3.05, 3.63) is 59.4 Å². The first-order valence-electron chi connectivity index (χ1n) is 8.59. The fraction of sp³-hybridized carbons (Fsp3) is 0.350. The molecule has 26 heavy (non-hydrogen) atoms. The lowest BCUT2D eigenvalue weighted by Crippen LogP contribution is -2.48. The number of piperazine rings is 1. The molecule has 1 heterocycles. The van der Waals surface area contributed by atoms with Gasteiger partial charge in [0.1, 0.15) is 17.3 Å². The molecular weight excluding hydrogens is 335 g/mol. The number of nitrogens with zero attached hydrogens (tertiary/aromatic N) is 2. The van der Waals surface area contributed by atoms with Crippen LogP contribution in [0.2, 0.25) is 0 Å². The predicted molar refractivity (Wildman–Crippen MR) is 97.1 cm³/mol. The predicted octanol–water partition coefficient (Wildman–Crippen LogP) is 2.80. The van der Waals surface area contributed by atoms with Crippen molar-refractivity contribution in [3.8, 4) is 11.5 Å². The van der Waals surface area contributed by atoms with E-state index in [9.17, 15) is 9.18 Å². The molecule has 1 amide bonds. The molecule has 0 aliphatic carbocycles. The van der Waals surface area contributed by atoms with Crippen molar-refractivity contribution in [2.45, 2.75) is 6.54 Å². The Morgan fingerprint density at radius 1 is 1.00 bits per heavy atom. The van der Waals surface area contributed by atoms with Crippen LogP contribution in [0.5, 0.6) is 11.5 Å². The summed E-state index contributed by atoms with van der Waals surface area (Å²) in [5, 5.41) is 0. The van der Waals surface area contributed by atoms with Gasteiger partial charge in [-0.05, 0) is 18.2 Å². The normalized spacial score (nSPS) is 15.0. The number of rotatable bonds is 5. The van der Waals surface area contributed by atoms with Crippen molar-refractivity contribution in [2.24, 2.45) is 0 Å². The van der Waals surface area contributed by atoms with Crippen LogP contribution < -0.4 is 9.47 Å². The van der Waals surface area contributed by atoms with Crippen molar-refractivity contribution < 1.29 is 18.7 Å². The molecule has 0 atom stereocenters. The van der Waals surface area contributed by atoms with Gasteiger partial charge in [0.15, 0.2) is 0 Å². The zero-order valence-electron chi connectivity index (χ0n) is 15.1. The number of carbonyl (C=O) groups is 1. The smallest absolute Gasteiger partial charge is 0.254 e. The summed E-state index contributed by atoms with van der Waals surface area (Å²) in [5.74, 6) is 0.944. The average Bonchev–Trinajstić information content (AvgIpc) is 2.69. The summed E-state index contributed by atoms with van der Waals surface area (Å²) in [5.41, 5.74) is 1.23. The zero-order chi connectivity index (χ0) is 18.5. The van der Waals surface area contributed by atoms with Crippen molar-refractivity contribution in [1.82, 2.24) is 9.80 Å². The van der Waals surface area contributed by atoms with Gasteiger partial charge in [0, 0.05) is 49.9 Å². The highest BCUT2D eigenvalue weighted by Gasteiger charge is 2.23. The lowest BCUT2D eigenvalue weighted by Gasteiger charge is -2.35. The van der Waals surface area contributed by atoms with Crippen LogP contribution in [0.3, 0.4) is 0 Å². The molecule has 138 valence electrons. The maximum atomic E-state index is 13.8. The second-order valence-corrected chi connectivity index (χ2v) is 6.26. The summed E-state index contributed by atoms with van der Waals surface area (Å²) in [6.45, 7) is 3.18. The Labute approximate surface area is 152 Å². The van der Waals surface area contributed by atoms with E-state index in [0.29, 0.717) is 55.3 Å². The number of carbonyl (C=O) groups excluding carboxylic acids is 1. The Hall–Kier alpha value is -2.60. The van der Waals surface area contributed by atoms with E-state index in [1.165, 1.54) is 6.07 Å². The monoisotopic (exact) mass is 358 g/mol. The molecule has 0 saturated carbocycles. The van der Waals surface area contributed by atoms with E-state index in [1.54, 1.807) is 44.6 Å². The van der Waals surface area contributed by atoms with Gasteiger partial charge in [-0.3, -0.25) is 9.69 Å². The molecule has 0 spiro atoms. The molecule has 0 radical (unpaired) electrons. The summed E-state index contributed by atoms with van der Waals surface area (Å²) in [4.78, 5) is 16.8. The Kier molecular flexibility index (Phi) is 5.73. The van der Waals surface area contributed by atoms with Gasteiger partial charge in [-0.15, -0.1) is 0 Å². The minimum absolute atomic E-state index is 0.0484. The van der Waals surface area contributed by atoms with E-state index in [2.05, 4.69) is 4.90 Å². The van der Waals surface area contributed by atoms with Crippen molar-refractivity contribution in [3.63, 3.8) is 0 Å². The molecule has 1 saturated heterocycles. The highest BCUT2D eigenvalue weighted by molar-refractivity contribution is 5.95. The third-order valence-corrected chi connectivity index (χ3v) is 4.61. The number of amides is 1. The third kappa shape index (κ3) is 4.14. The standard InChI is InChI=1S/C20H23FN2O3/c1-25-17-11-16(12-18(13-17)26-2)20(24)23-9-7-22(8-10-23)14-15-5-3-4-6-19(15)21/h3-6,11-13H,7-10,14H2,1-2H3. The highest BCUT2D eigenvalue weighted by Crippen LogP contribution is 2.24. The van der Waals surface area contributed by atoms with Gasteiger partial charge in [-0.2, -0.15) is 0 Å². The van der Waals surface area contributed by atoms with Crippen LogP contribution in [-0.4, -0.2) is 56.1 Å². The van der Waals surface area contributed by atoms with E-state index in [1.807, 2.05) is 11.0 Å². The molecule has 1 aliphatic heterocycles. The summed E-state index contributed by atoms with van der Waals surface area (Å²) >= 11 is 0. The number of hydrogen-bond acceptors (Lipinski definition) is 4. The Morgan fingerprint density at radius 3 is 2.19 bits per heavy atom. The van der Waals surface area contributed by atoms with Gasteiger partial charge >= 0.3 is 0 Å². The summed E-state index contributed by atoms with van der Waals surface area (Å²) < 4.78 is 24.3. The van der Waals surface area contributed by atoms with Gasteiger partial charge in [0.25, 0.3) is 5.91 Å². The fourth-order valence-electron chi connectivity index (χ4n) is 3.09. The number of benzene rings is 2. The molecule has 2 aromatic rings. The minimum Gasteiger partial charge on any atom is -0.497 e. The lowest BCUT2D eigenvalue weighted by atomic mass is 10.1. The van der Waals surface area contributed by atoms with E-state index >= 15 is 0 Å². The van der Waals surface area contributed by atoms with Crippen molar-refractivity contribution in [1.29, 1.82) is 0 Å². The third-order valence-electron chi connectivity index (χ3n) is 4.61. The second kappa shape index (κ2) is 8.19. The molecule has 3 rings (SSSR count). The molecule has 0 N–H and O–H groups in total. The van der Waals surface area contributed by atoms with E-state index in [0.717, 1.165) is 0 Å². The van der Waals surface area contributed by atoms with E-state index in [-0.39, 0.29) is 11.7 Å². The minimum atomic E-state index is -0.186. The molecule has 2 aromatic carbocycles. The summed E-state index contributed by atoms with van der Waals surface area (Å²) in [7, 11) is 3.12. The topological polar surface area (TPSA) is 42.0 Å². The largest absolute Gasteiger partial charge is 0.497 e. The fourth-order valence-corrected chi connectivity index (χ4v) is 3.09. The van der Waals surface area contributed by atoms with E-state index in [4.69, 9.17) is 9.47 Å². The van der Waals surface area contributed by atoms with Crippen LogP contribution in [0.4, 0.5) is 4.39 Å². The molecule has 1 fully saturated rings. The van der Waals surface area contributed by atoms with Gasteiger partial charge in [-0.25, -0.2) is 4.39 Å². The second-order valence-electron chi connectivity index (χ2n) is 6.26. The van der Waals surface area contributed by atoms with Gasteiger partial charge in [0.2, 0.25) is 0 Å². The van der Waals surface area contributed by atoms with Crippen molar-refractivity contribution in [2.75, 3.05) is 40.4 Å². The Balaban J connectivity index is 1.63. The van der Waals surface area contributed by atoms with Crippen LogP contribution in [-0.2, 0) is 6.54 Å². The van der Waals surface area contributed by atoms with Crippen LogP contribution in [0, 0.1) is 5.82 Å². The van der Waals surface area contributed by atoms with Gasteiger partial charge in [-0.1, -0.05) is 18.2 Å². The molecular formula is C20H23FN2O3. The average molecular weight is 358 g/mol. The molecule has 5 nitrogen and oxygen atoms in total. The highest BCUT2D eigenvalue weighted by atomic mass is 19.1. The Morgan fingerprint density at radius 2 is 1.62 bits per heavy atom. The van der Waals surface area contributed by atoms with Crippen LogP contribution in [0.1, 0.15) is 15.9 Å². The zero-order valence-corrected chi connectivity index (χ0v) is 15.1. The molecule has 0 unspecified atom stereocenters. The van der Waals surface area contributed by atoms with Crippen molar-refractivity contribution >= 4 is 5.91 Å². The summed E-state index contributed by atoms with van der Waals surface area (Å²) in [6.07, 6.45) is 0. The van der Waals surface area contributed by atoms with E-state index < -0.39 is 0 Å². The van der Waals surface area contributed by atoms with Crippen LogP contribution >= 0.6 is 0 Å². The van der Waals surface area contributed by atoms with Gasteiger partial charge in [0.05, 0.1) is 14.2 Å². The number of ether oxygens (including phenoxy) is 2. The van der Waals surface area contributed by atoms with Crippen LogP contribution in [0.15, 0.2) is 42.5 Å². The summed E-state index contributed by atoms with van der Waals surface area (Å²) in [6, 6.07) is 12.0. The van der Waals surface area contributed by atoms with Crippen LogP contribution in [0.25, 0.3) is 0 Å². The number of halogens is 1. The number of hydrogen-bond donors (Lipinski definition) is 0. The Bertz CT molecular complexity index is 751. The lowest BCUT2D eigenvalue weighted by molar-refractivity contribution is 0.0626. The molecule has 0 aromatic heterocycles. The maximum Gasteiger partial charge on any atom is 0.254 e. The molecule has 0 bridgehead atoms. The first-order chi connectivity index (χ1) is 12.6. The number of methoxy groups -OCH3 is 2. The molecule has 6 heteroatoms.